The lowest BCUT2D eigenvalue weighted by Gasteiger charge is -2.40. The lowest BCUT2D eigenvalue weighted by molar-refractivity contribution is -0.302. The zero-order valence-electron chi connectivity index (χ0n) is 56.9. The Morgan fingerprint density at radius 1 is 0.388 bits per heavy atom. The number of amides is 1. The van der Waals surface area contributed by atoms with Crippen molar-refractivity contribution in [2.75, 3.05) is 13.2 Å². The maximum Gasteiger partial charge on any atom is 0.220 e. The van der Waals surface area contributed by atoms with E-state index in [1.54, 1.807) is 0 Å². The van der Waals surface area contributed by atoms with E-state index in [4.69, 9.17) is 9.47 Å². The van der Waals surface area contributed by atoms with Gasteiger partial charge in [-0.3, -0.25) is 4.79 Å². The molecule has 6 N–H and O–H groups in total. The number of carbonyl (C=O) groups excluding carboxylic acids is 1. The molecular weight excluding hydrogens is 1050 g/mol. The summed E-state index contributed by atoms with van der Waals surface area (Å²) in [5.74, 6) is -0.134. The van der Waals surface area contributed by atoms with Gasteiger partial charge < -0.3 is 40.3 Å². The van der Waals surface area contributed by atoms with Gasteiger partial charge in [0.2, 0.25) is 5.91 Å². The van der Waals surface area contributed by atoms with Gasteiger partial charge >= 0.3 is 0 Å². The van der Waals surface area contributed by atoms with Crippen LogP contribution < -0.4 is 5.32 Å². The Balaban J connectivity index is 2.06. The summed E-state index contributed by atoms with van der Waals surface area (Å²) in [6, 6.07) is -0.717. The van der Waals surface area contributed by atoms with E-state index in [0.717, 1.165) is 38.5 Å². The van der Waals surface area contributed by atoms with E-state index in [9.17, 15) is 30.3 Å². The van der Waals surface area contributed by atoms with E-state index >= 15 is 0 Å². The number of ether oxygens (including phenoxy) is 2. The number of carbonyl (C=O) groups is 1. The molecule has 0 aromatic rings. The molecule has 1 fully saturated rings. The molecule has 1 heterocycles. The lowest BCUT2D eigenvalue weighted by atomic mass is 9.99. The van der Waals surface area contributed by atoms with Gasteiger partial charge in [-0.05, 0) is 38.5 Å². The Morgan fingerprint density at radius 2 is 0.659 bits per heavy atom. The van der Waals surface area contributed by atoms with Crippen molar-refractivity contribution in [3.63, 3.8) is 0 Å². The van der Waals surface area contributed by atoms with Crippen molar-refractivity contribution in [2.45, 2.75) is 455 Å². The molecule has 0 bridgehead atoms. The molecule has 7 unspecified atom stereocenters. The minimum absolute atomic E-state index is 0.132. The summed E-state index contributed by atoms with van der Waals surface area (Å²) >= 11 is 0. The van der Waals surface area contributed by atoms with Crippen molar-refractivity contribution in [1.29, 1.82) is 0 Å². The van der Waals surface area contributed by atoms with E-state index in [-0.39, 0.29) is 12.5 Å². The molecule has 1 aliphatic heterocycles. The van der Waals surface area contributed by atoms with Crippen molar-refractivity contribution < 1.29 is 39.8 Å². The molecule has 0 spiro atoms. The molecule has 0 aliphatic carbocycles. The van der Waals surface area contributed by atoms with Crippen LogP contribution in [0.2, 0.25) is 0 Å². The van der Waals surface area contributed by atoms with Crippen LogP contribution in [0.5, 0.6) is 0 Å². The van der Waals surface area contributed by atoms with Gasteiger partial charge in [0.05, 0.1) is 25.4 Å². The highest BCUT2D eigenvalue weighted by molar-refractivity contribution is 5.76. The number of unbranched alkanes of at least 4 members (excludes halogenated alkanes) is 57. The van der Waals surface area contributed by atoms with Crippen LogP contribution in [-0.4, -0.2) is 87.5 Å². The second kappa shape index (κ2) is 65.9. The Bertz CT molecular complexity index is 1350. The average molecular weight is 1210 g/mol. The average Bonchev–Trinajstić information content (AvgIpc) is 3.54. The third-order valence-electron chi connectivity index (χ3n) is 18.9. The number of allylic oxidation sites excluding steroid dienone is 2. The topological polar surface area (TPSA) is 149 Å². The maximum atomic E-state index is 13.2. The summed E-state index contributed by atoms with van der Waals surface area (Å²) in [5, 5.41) is 55.1. The zero-order chi connectivity index (χ0) is 61.4. The summed E-state index contributed by atoms with van der Waals surface area (Å²) in [6.07, 6.45) is 78.8. The van der Waals surface area contributed by atoms with Crippen LogP contribution in [0.4, 0.5) is 0 Å². The van der Waals surface area contributed by atoms with Crippen LogP contribution in [0.25, 0.3) is 0 Å². The molecule has 9 heteroatoms. The van der Waals surface area contributed by atoms with Crippen LogP contribution >= 0.6 is 0 Å². The van der Waals surface area contributed by atoms with Crippen molar-refractivity contribution in [2.24, 2.45) is 0 Å². The van der Waals surface area contributed by atoms with Crippen LogP contribution in [0.3, 0.4) is 0 Å². The third-order valence-corrected chi connectivity index (χ3v) is 18.9. The second-order valence-corrected chi connectivity index (χ2v) is 27.2. The van der Waals surface area contributed by atoms with Crippen molar-refractivity contribution >= 4 is 5.91 Å². The van der Waals surface area contributed by atoms with Crippen LogP contribution in [-0.2, 0) is 14.3 Å². The molecule has 0 saturated carbocycles. The molecule has 0 aromatic heterocycles. The zero-order valence-corrected chi connectivity index (χ0v) is 56.9. The molecule has 0 radical (unpaired) electrons. The van der Waals surface area contributed by atoms with Gasteiger partial charge in [-0.25, -0.2) is 0 Å². The van der Waals surface area contributed by atoms with E-state index in [1.807, 2.05) is 0 Å². The van der Waals surface area contributed by atoms with Crippen LogP contribution in [0.1, 0.15) is 412 Å². The Hall–Kier alpha value is -1.07. The predicted octanol–water partition coefficient (Wildman–Crippen LogP) is 21.4. The summed E-state index contributed by atoms with van der Waals surface area (Å²) in [6.45, 7) is 3.91. The first kappa shape index (κ1) is 81.9. The molecule has 9 nitrogen and oxygen atoms in total. The summed E-state index contributed by atoms with van der Waals surface area (Å²) in [7, 11) is 0. The normalized spacial score (nSPS) is 18.0. The van der Waals surface area contributed by atoms with Crippen LogP contribution in [0, 0.1) is 0 Å². The molecule has 1 rings (SSSR count). The van der Waals surface area contributed by atoms with Gasteiger partial charge in [0.15, 0.2) is 6.29 Å². The number of nitrogens with one attached hydrogen (secondary N) is 1. The highest BCUT2D eigenvalue weighted by Gasteiger charge is 2.44. The molecular formula is C76H149NO8. The van der Waals surface area contributed by atoms with Crippen molar-refractivity contribution in [3.05, 3.63) is 12.2 Å². The summed E-state index contributed by atoms with van der Waals surface area (Å²) in [4.78, 5) is 13.2. The minimum Gasteiger partial charge on any atom is -0.394 e. The largest absolute Gasteiger partial charge is 0.394 e. The first-order valence-corrected chi connectivity index (χ1v) is 38.4. The Morgan fingerprint density at radius 3 is 0.953 bits per heavy atom. The van der Waals surface area contributed by atoms with E-state index in [2.05, 4.69) is 31.3 Å². The van der Waals surface area contributed by atoms with Gasteiger partial charge in [-0.1, -0.05) is 379 Å². The number of aliphatic hydroxyl groups excluding tert-OH is 5. The second-order valence-electron chi connectivity index (χ2n) is 27.2. The Kier molecular flexibility index (Phi) is 63.5. The molecule has 1 saturated heterocycles. The SMILES string of the molecule is CCCCCCCCCC/C=C\CCCCCCCCCCCCCCCCCCCCCC(=O)NC(COC1OC(CO)C(O)C(O)C1O)C(O)CCCCCCCCCCCCCCCCCCCCCCCCCCCCCCCCC. The fourth-order valence-corrected chi connectivity index (χ4v) is 12.9. The fourth-order valence-electron chi connectivity index (χ4n) is 12.9. The lowest BCUT2D eigenvalue weighted by Crippen LogP contribution is -2.60. The molecule has 85 heavy (non-hydrogen) atoms. The number of rotatable bonds is 69. The van der Waals surface area contributed by atoms with E-state index in [1.165, 1.54) is 347 Å². The van der Waals surface area contributed by atoms with Gasteiger partial charge in [-0.15, -0.1) is 0 Å². The van der Waals surface area contributed by atoms with Crippen LogP contribution in [0.15, 0.2) is 12.2 Å². The summed E-state index contributed by atoms with van der Waals surface area (Å²) < 4.78 is 11.4. The molecule has 1 amide bonds. The fraction of sp³-hybridized carbons (Fsp3) is 0.961. The van der Waals surface area contributed by atoms with Gasteiger partial charge in [0.1, 0.15) is 24.4 Å². The van der Waals surface area contributed by atoms with Gasteiger partial charge in [-0.2, -0.15) is 0 Å². The quantitative estimate of drug-likeness (QED) is 0.0261. The van der Waals surface area contributed by atoms with Crippen molar-refractivity contribution in [3.8, 4) is 0 Å². The standard InChI is InChI=1S/C76H149NO8/c1-3-5-7-9-11-13-15-17-19-21-23-25-27-29-31-33-35-37-39-41-43-45-47-49-51-53-55-57-59-61-63-65-70(79)69(68-84-76-75(83)74(82)73(81)71(67-78)85-76)77-72(80)66-64-62-60-58-56-54-52-50-48-46-44-42-40-38-36-34-32-30-28-26-24-22-20-18-16-14-12-10-8-6-4-2/h22,24,69-71,73-76,78-79,81-83H,3-21,23,25-68H2,1-2H3,(H,77,80)/b24-22-. The van der Waals surface area contributed by atoms with Gasteiger partial charge in [0, 0.05) is 6.42 Å². The molecule has 7 atom stereocenters. The van der Waals surface area contributed by atoms with Crippen molar-refractivity contribution in [1.82, 2.24) is 5.32 Å². The third kappa shape index (κ3) is 54.4. The Labute approximate surface area is 528 Å². The smallest absolute Gasteiger partial charge is 0.220 e. The first-order chi connectivity index (χ1) is 41.8. The highest BCUT2D eigenvalue weighted by atomic mass is 16.7. The molecule has 506 valence electrons. The van der Waals surface area contributed by atoms with Gasteiger partial charge in [0.25, 0.3) is 0 Å². The van der Waals surface area contributed by atoms with E-state index in [0.29, 0.717) is 12.8 Å². The summed E-state index contributed by atoms with van der Waals surface area (Å²) in [5.41, 5.74) is 0. The molecule has 0 aromatic carbocycles. The first-order valence-electron chi connectivity index (χ1n) is 38.4. The maximum absolute atomic E-state index is 13.2. The number of hydrogen-bond acceptors (Lipinski definition) is 8. The van der Waals surface area contributed by atoms with E-state index < -0.39 is 49.5 Å². The minimum atomic E-state index is -1.55. The molecule has 1 aliphatic rings. The monoisotopic (exact) mass is 1200 g/mol. The number of hydrogen-bond donors (Lipinski definition) is 6. The number of aliphatic hydroxyl groups is 5. The highest BCUT2D eigenvalue weighted by Crippen LogP contribution is 2.24. The predicted molar refractivity (Wildman–Crippen MR) is 364 cm³/mol.